The van der Waals surface area contributed by atoms with E-state index in [0.717, 1.165) is 31.6 Å². The average Bonchev–Trinajstić information content (AvgIpc) is 2.30. The molecule has 2 nitrogen and oxygen atoms in total. The summed E-state index contributed by atoms with van der Waals surface area (Å²) < 4.78 is 0. The molecular formula is C12H25NO. The Balaban J connectivity index is 2.72. The zero-order valence-electron chi connectivity index (χ0n) is 9.84. The first-order valence-corrected chi connectivity index (χ1v) is 5.84. The van der Waals surface area contributed by atoms with Gasteiger partial charge in [-0.3, -0.25) is 0 Å². The van der Waals surface area contributed by atoms with Crippen LogP contribution in [0.3, 0.4) is 0 Å². The molecule has 0 amide bonds. The highest BCUT2D eigenvalue weighted by Crippen LogP contribution is 2.41. The first-order valence-electron chi connectivity index (χ1n) is 5.84. The van der Waals surface area contributed by atoms with Crippen molar-refractivity contribution in [1.29, 1.82) is 0 Å². The van der Waals surface area contributed by atoms with E-state index in [4.69, 9.17) is 5.73 Å². The van der Waals surface area contributed by atoms with Gasteiger partial charge in [0.05, 0.1) is 5.60 Å². The Morgan fingerprint density at radius 3 is 2.57 bits per heavy atom. The van der Waals surface area contributed by atoms with Crippen LogP contribution < -0.4 is 5.73 Å². The minimum atomic E-state index is -0.535. The lowest BCUT2D eigenvalue weighted by atomic mass is 9.70. The SMILES string of the molecule is CC1CCCC(O)(C(C)(C)CN)CC1. The molecule has 84 valence electrons. The van der Waals surface area contributed by atoms with Gasteiger partial charge in [-0.15, -0.1) is 0 Å². The molecule has 2 unspecified atom stereocenters. The molecule has 2 heteroatoms. The summed E-state index contributed by atoms with van der Waals surface area (Å²) in [5, 5.41) is 10.6. The summed E-state index contributed by atoms with van der Waals surface area (Å²) in [6, 6.07) is 0. The fourth-order valence-corrected chi connectivity index (χ4v) is 2.36. The highest BCUT2D eigenvalue weighted by atomic mass is 16.3. The van der Waals surface area contributed by atoms with E-state index in [-0.39, 0.29) is 5.41 Å². The summed E-state index contributed by atoms with van der Waals surface area (Å²) in [5.74, 6) is 0.762. The highest BCUT2D eigenvalue weighted by Gasteiger charge is 2.42. The van der Waals surface area contributed by atoms with Gasteiger partial charge in [-0.2, -0.15) is 0 Å². The predicted molar refractivity (Wildman–Crippen MR) is 60.0 cm³/mol. The zero-order valence-corrected chi connectivity index (χ0v) is 9.84. The van der Waals surface area contributed by atoms with Gasteiger partial charge in [0.25, 0.3) is 0 Å². The topological polar surface area (TPSA) is 46.2 Å². The largest absolute Gasteiger partial charge is 0.389 e. The Hall–Kier alpha value is -0.0800. The van der Waals surface area contributed by atoms with Crippen molar-refractivity contribution >= 4 is 0 Å². The number of hydrogen-bond donors (Lipinski definition) is 2. The van der Waals surface area contributed by atoms with Gasteiger partial charge in [-0.1, -0.05) is 33.6 Å². The highest BCUT2D eigenvalue weighted by molar-refractivity contribution is 4.95. The standard InChI is InChI=1S/C12H25NO/c1-10-5-4-7-12(14,8-6-10)11(2,3)9-13/h10,14H,4-9,13H2,1-3H3. The van der Waals surface area contributed by atoms with Crippen LogP contribution in [0.4, 0.5) is 0 Å². The molecule has 0 aromatic heterocycles. The number of hydrogen-bond acceptors (Lipinski definition) is 2. The second-order valence-electron chi connectivity index (χ2n) is 5.66. The maximum Gasteiger partial charge on any atom is 0.0710 e. The Kier molecular flexibility index (Phi) is 3.59. The van der Waals surface area contributed by atoms with Crippen molar-refractivity contribution in [3.63, 3.8) is 0 Å². The summed E-state index contributed by atoms with van der Waals surface area (Å²) in [7, 11) is 0. The van der Waals surface area contributed by atoms with Crippen LogP contribution in [0.25, 0.3) is 0 Å². The number of rotatable bonds is 2. The van der Waals surface area contributed by atoms with Gasteiger partial charge in [-0.05, 0) is 25.2 Å². The fraction of sp³-hybridized carbons (Fsp3) is 1.00. The van der Waals surface area contributed by atoms with Gasteiger partial charge in [0.2, 0.25) is 0 Å². The predicted octanol–water partition coefficient (Wildman–Crippen LogP) is 2.30. The number of nitrogens with two attached hydrogens (primary N) is 1. The van der Waals surface area contributed by atoms with E-state index >= 15 is 0 Å². The van der Waals surface area contributed by atoms with Gasteiger partial charge < -0.3 is 10.8 Å². The molecule has 1 aliphatic rings. The van der Waals surface area contributed by atoms with E-state index in [2.05, 4.69) is 20.8 Å². The molecule has 0 bridgehead atoms. The van der Waals surface area contributed by atoms with Crippen molar-refractivity contribution < 1.29 is 5.11 Å². The average molecular weight is 199 g/mol. The second kappa shape index (κ2) is 4.19. The summed E-state index contributed by atoms with van der Waals surface area (Å²) in [6.07, 6.45) is 5.36. The van der Waals surface area contributed by atoms with Gasteiger partial charge in [-0.25, -0.2) is 0 Å². The summed E-state index contributed by atoms with van der Waals surface area (Å²) >= 11 is 0. The van der Waals surface area contributed by atoms with Crippen LogP contribution in [0.5, 0.6) is 0 Å². The molecule has 0 saturated heterocycles. The molecule has 0 aliphatic heterocycles. The van der Waals surface area contributed by atoms with Crippen LogP contribution in [0.1, 0.15) is 52.9 Å². The molecule has 1 rings (SSSR count). The summed E-state index contributed by atoms with van der Waals surface area (Å²) in [6.45, 7) is 7.02. The van der Waals surface area contributed by atoms with Crippen molar-refractivity contribution in [2.45, 2.75) is 58.5 Å². The normalized spacial score (nSPS) is 35.4. The van der Waals surface area contributed by atoms with Crippen LogP contribution in [0, 0.1) is 11.3 Å². The molecule has 1 saturated carbocycles. The minimum absolute atomic E-state index is 0.142. The molecule has 3 N–H and O–H groups in total. The van der Waals surface area contributed by atoms with Crippen molar-refractivity contribution in [3.8, 4) is 0 Å². The molecule has 1 fully saturated rings. The van der Waals surface area contributed by atoms with Crippen LogP contribution in [0.2, 0.25) is 0 Å². The van der Waals surface area contributed by atoms with Crippen molar-refractivity contribution in [2.24, 2.45) is 17.1 Å². The third-order valence-corrected chi connectivity index (χ3v) is 4.11. The Morgan fingerprint density at radius 1 is 1.36 bits per heavy atom. The van der Waals surface area contributed by atoms with Gasteiger partial charge >= 0.3 is 0 Å². The summed E-state index contributed by atoms with van der Waals surface area (Å²) in [5.41, 5.74) is 5.07. The van der Waals surface area contributed by atoms with Crippen molar-refractivity contribution in [2.75, 3.05) is 6.54 Å². The van der Waals surface area contributed by atoms with Crippen LogP contribution in [0.15, 0.2) is 0 Å². The van der Waals surface area contributed by atoms with E-state index in [9.17, 15) is 5.11 Å². The lowest BCUT2D eigenvalue weighted by Gasteiger charge is -2.42. The van der Waals surface area contributed by atoms with E-state index in [1.165, 1.54) is 6.42 Å². The minimum Gasteiger partial charge on any atom is -0.389 e. The maximum atomic E-state index is 10.6. The van der Waals surface area contributed by atoms with E-state index in [1.807, 2.05) is 0 Å². The molecule has 14 heavy (non-hydrogen) atoms. The van der Waals surface area contributed by atoms with Gasteiger partial charge in [0, 0.05) is 12.0 Å². The lowest BCUT2D eigenvalue weighted by molar-refractivity contribution is -0.0744. The third kappa shape index (κ3) is 2.29. The second-order valence-corrected chi connectivity index (χ2v) is 5.66. The molecular weight excluding hydrogens is 174 g/mol. The quantitative estimate of drug-likeness (QED) is 0.670. The fourth-order valence-electron chi connectivity index (χ4n) is 2.36. The van der Waals surface area contributed by atoms with E-state index in [1.54, 1.807) is 0 Å². The molecule has 0 aromatic rings. The Morgan fingerprint density at radius 2 is 2.00 bits per heavy atom. The lowest BCUT2D eigenvalue weighted by Crippen LogP contribution is -2.48. The molecule has 0 heterocycles. The molecule has 0 spiro atoms. The first kappa shape index (κ1) is 12.0. The van der Waals surface area contributed by atoms with Crippen LogP contribution in [-0.2, 0) is 0 Å². The summed E-state index contributed by atoms with van der Waals surface area (Å²) in [4.78, 5) is 0. The third-order valence-electron chi connectivity index (χ3n) is 4.11. The van der Waals surface area contributed by atoms with Crippen molar-refractivity contribution in [3.05, 3.63) is 0 Å². The number of aliphatic hydroxyl groups is 1. The van der Waals surface area contributed by atoms with E-state index in [0.29, 0.717) is 6.54 Å². The monoisotopic (exact) mass is 199 g/mol. The Bertz CT molecular complexity index is 191. The molecule has 1 aliphatic carbocycles. The molecule has 0 radical (unpaired) electrons. The van der Waals surface area contributed by atoms with Gasteiger partial charge in [0.15, 0.2) is 0 Å². The molecule has 0 aromatic carbocycles. The molecule has 2 atom stereocenters. The maximum absolute atomic E-state index is 10.6. The Labute approximate surface area is 87.9 Å². The van der Waals surface area contributed by atoms with Crippen molar-refractivity contribution in [1.82, 2.24) is 0 Å². The smallest absolute Gasteiger partial charge is 0.0710 e. The zero-order chi connectivity index (χ0) is 10.8. The van der Waals surface area contributed by atoms with Crippen LogP contribution in [-0.4, -0.2) is 17.3 Å². The first-order chi connectivity index (χ1) is 6.41. The van der Waals surface area contributed by atoms with E-state index < -0.39 is 5.60 Å². The van der Waals surface area contributed by atoms with Gasteiger partial charge in [0.1, 0.15) is 0 Å². The van der Waals surface area contributed by atoms with Crippen LogP contribution >= 0.6 is 0 Å².